The highest BCUT2D eigenvalue weighted by molar-refractivity contribution is 7.80. The van der Waals surface area contributed by atoms with Gasteiger partial charge in [-0.2, -0.15) is 0 Å². The van der Waals surface area contributed by atoms with Gasteiger partial charge in [-0.1, -0.05) is 40.9 Å². The number of thiocarbonyl (C=S) groups is 1. The number of rotatable bonds is 4. The van der Waals surface area contributed by atoms with E-state index in [1.807, 2.05) is 31.2 Å². The second-order valence-corrected chi connectivity index (χ2v) is 6.52. The summed E-state index contributed by atoms with van der Waals surface area (Å²) >= 11 is 17.0. The Kier molecular flexibility index (Phi) is 6.87. The summed E-state index contributed by atoms with van der Waals surface area (Å²) in [5, 5.41) is 4.04. The van der Waals surface area contributed by atoms with Crippen LogP contribution in [-0.4, -0.2) is 17.1 Å². The first-order chi connectivity index (χ1) is 11.8. The van der Waals surface area contributed by atoms with Gasteiger partial charge in [0.1, 0.15) is 5.75 Å². The number of carbonyl (C=O) groups is 1. The molecule has 0 heterocycles. The maximum atomic E-state index is 12.1. The lowest BCUT2D eigenvalue weighted by Crippen LogP contribution is -2.48. The second-order valence-electron chi connectivity index (χ2n) is 5.27. The third-order valence-corrected chi connectivity index (χ3v) is 3.91. The minimum Gasteiger partial charge on any atom is -0.479 e. The topological polar surface area (TPSA) is 62.4 Å². The molecule has 2 aromatic carbocycles. The van der Waals surface area contributed by atoms with E-state index in [2.05, 4.69) is 16.2 Å². The zero-order valence-electron chi connectivity index (χ0n) is 13.6. The summed E-state index contributed by atoms with van der Waals surface area (Å²) in [5.74, 6) is -0.0341. The minimum absolute atomic E-state index is 0.258. The largest absolute Gasteiger partial charge is 0.479 e. The van der Waals surface area contributed by atoms with Crippen molar-refractivity contribution in [3.63, 3.8) is 0 Å². The van der Waals surface area contributed by atoms with Crippen molar-refractivity contribution < 1.29 is 9.53 Å². The number of ether oxygens (including phenoxy) is 1. The van der Waals surface area contributed by atoms with Gasteiger partial charge in [0.2, 0.25) is 0 Å². The second kappa shape index (κ2) is 8.89. The Balaban J connectivity index is 1.82. The maximum Gasteiger partial charge on any atom is 0.279 e. The summed E-state index contributed by atoms with van der Waals surface area (Å²) in [7, 11) is 0. The van der Waals surface area contributed by atoms with Gasteiger partial charge in [-0.25, -0.2) is 0 Å². The Hall–Kier alpha value is -2.02. The molecule has 1 atom stereocenters. The van der Waals surface area contributed by atoms with Gasteiger partial charge in [0.05, 0.1) is 5.02 Å². The van der Waals surface area contributed by atoms with Gasteiger partial charge in [-0.05, 0) is 56.4 Å². The summed E-state index contributed by atoms with van der Waals surface area (Å²) in [6, 6.07) is 12.5. The fourth-order valence-electron chi connectivity index (χ4n) is 1.83. The summed E-state index contributed by atoms with van der Waals surface area (Å²) in [4.78, 5) is 12.1. The highest BCUT2D eigenvalue weighted by Gasteiger charge is 2.16. The molecule has 0 aliphatic carbocycles. The number of benzene rings is 2. The normalized spacial score (nSPS) is 11.4. The van der Waals surface area contributed by atoms with Crippen LogP contribution < -0.4 is 20.9 Å². The molecule has 0 aliphatic rings. The molecule has 2 rings (SSSR count). The molecule has 0 saturated carbocycles. The SMILES string of the molecule is Cc1ccc(NC(=S)NNC(=O)[C@@H](C)Oc2ccc(Cl)cc2Cl)cc1. The molecule has 0 saturated heterocycles. The lowest BCUT2D eigenvalue weighted by atomic mass is 10.2. The molecule has 8 heteroatoms. The molecule has 3 N–H and O–H groups in total. The first-order valence-corrected chi connectivity index (χ1v) is 8.57. The summed E-state index contributed by atoms with van der Waals surface area (Å²) in [6.45, 7) is 3.59. The first kappa shape index (κ1) is 19.3. The average Bonchev–Trinajstić information content (AvgIpc) is 2.57. The van der Waals surface area contributed by atoms with Crippen molar-refractivity contribution in [2.45, 2.75) is 20.0 Å². The van der Waals surface area contributed by atoms with E-state index in [1.165, 1.54) is 0 Å². The fourth-order valence-corrected chi connectivity index (χ4v) is 2.46. The van der Waals surface area contributed by atoms with Crippen molar-refractivity contribution in [3.05, 3.63) is 58.1 Å². The number of nitrogens with one attached hydrogen (secondary N) is 3. The van der Waals surface area contributed by atoms with Crippen LogP contribution in [0.1, 0.15) is 12.5 Å². The van der Waals surface area contributed by atoms with Gasteiger partial charge >= 0.3 is 0 Å². The van der Waals surface area contributed by atoms with Crippen LogP contribution in [0.4, 0.5) is 5.69 Å². The number of aryl methyl sites for hydroxylation is 1. The molecule has 0 spiro atoms. The Morgan fingerprint density at radius 3 is 2.44 bits per heavy atom. The van der Waals surface area contributed by atoms with E-state index in [0.29, 0.717) is 15.8 Å². The minimum atomic E-state index is -0.784. The predicted molar refractivity (Wildman–Crippen MR) is 105 cm³/mol. The number of amides is 1. The molecule has 0 unspecified atom stereocenters. The van der Waals surface area contributed by atoms with E-state index in [1.54, 1.807) is 25.1 Å². The van der Waals surface area contributed by atoms with Crippen molar-refractivity contribution in [2.24, 2.45) is 0 Å². The van der Waals surface area contributed by atoms with Gasteiger partial charge in [-0.3, -0.25) is 15.6 Å². The Morgan fingerprint density at radius 2 is 1.80 bits per heavy atom. The average molecular weight is 398 g/mol. The number of carbonyl (C=O) groups excluding carboxylic acids is 1. The van der Waals surface area contributed by atoms with Gasteiger partial charge < -0.3 is 10.1 Å². The number of hydrazine groups is 1. The van der Waals surface area contributed by atoms with E-state index in [4.69, 9.17) is 40.2 Å². The number of hydrogen-bond acceptors (Lipinski definition) is 3. The van der Waals surface area contributed by atoms with Crippen LogP contribution in [0.25, 0.3) is 0 Å². The van der Waals surface area contributed by atoms with E-state index < -0.39 is 12.0 Å². The van der Waals surface area contributed by atoms with Crippen molar-refractivity contribution in [1.29, 1.82) is 0 Å². The summed E-state index contributed by atoms with van der Waals surface area (Å²) in [5.41, 5.74) is 7.06. The smallest absolute Gasteiger partial charge is 0.279 e. The highest BCUT2D eigenvalue weighted by atomic mass is 35.5. The zero-order valence-corrected chi connectivity index (χ0v) is 15.9. The summed E-state index contributed by atoms with van der Waals surface area (Å²) in [6.07, 6.45) is -0.784. The molecule has 1 amide bonds. The molecule has 0 fully saturated rings. The molecule has 0 aromatic heterocycles. The first-order valence-electron chi connectivity index (χ1n) is 7.40. The van der Waals surface area contributed by atoms with Gasteiger partial charge in [0.25, 0.3) is 5.91 Å². The number of hydrogen-bond donors (Lipinski definition) is 3. The third-order valence-electron chi connectivity index (χ3n) is 3.18. The van der Waals surface area contributed by atoms with Crippen molar-refractivity contribution in [3.8, 4) is 5.75 Å². The van der Waals surface area contributed by atoms with Gasteiger partial charge in [0.15, 0.2) is 11.2 Å². The lowest BCUT2D eigenvalue weighted by Gasteiger charge is -2.17. The van der Waals surface area contributed by atoms with Crippen LogP contribution >= 0.6 is 35.4 Å². The van der Waals surface area contributed by atoms with Crippen molar-refractivity contribution in [2.75, 3.05) is 5.32 Å². The van der Waals surface area contributed by atoms with Crippen LogP contribution in [0.2, 0.25) is 10.0 Å². The third kappa shape index (κ3) is 6.08. The van der Waals surface area contributed by atoms with E-state index in [-0.39, 0.29) is 5.11 Å². The van der Waals surface area contributed by atoms with Gasteiger partial charge in [-0.15, -0.1) is 0 Å². The Bertz CT molecular complexity index is 769. The fraction of sp³-hybridized carbons (Fsp3) is 0.176. The van der Waals surface area contributed by atoms with E-state index in [0.717, 1.165) is 11.3 Å². The standard InChI is InChI=1S/C17H17Cl2N3O2S/c1-10-3-6-13(7-4-10)20-17(25)22-21-16(23)11(2)24-15-8-5-12(18)9-14(15)19/h3-9,11H,1-2H3,(H,21,23)(H2,20,22,25)/t11-/m1/s1. The number of halogens is 2. The Labute approximate surface area is 161 Å². The zero-order chi connectivity index (χ0) is 18.4. The molecule has 0 aliphatic heterocycles. The van der Waals surface area contributed by atoms with Crippen LogP contribution in [0.3, 0.4) is 0 Å². The van der Waals surface area contributed by atoms with Gasteiger partial charge in [0, 0.05) is 10.7 Å². The quantitative estimate of drug-likeness (QED) is 0.535. The molecule has 0 radical (unpaired) electrons. The van der Waals surface area contributed by atoms with E-state index in [9.17, 15) is 4.79 Å². The molecule has 2 aromatic rings. The molecular formula is C17H17Cl2N3O2S. The molecule has 0 bridgehead atoms. The van der Waals surface area contributed by atoms with E-state index >= 15 is 0 Å². The van der Waals surface area contributed by atoms with Crippen molar-refractivity contribution >= 4 is 52.1 Å². The molecule has 5 nitrogen and oxygen atoms in total. The predicted octanol–water partition coefficient (Wildman–Crippen LogP) is 4.09. The monoisotopic (exact) mass is 397 g/mol. The lowest BCUT2D eigenvalue weighted by molar-refractivity contribution is -0.127. The Morgan fingerprint density at radius 1 is 1.12 bits per heavy atom. The maximum absolute atomic E-state index is 12.1. The van der Waals surface area contributed by atoms with Crippen molar-refractivity contribution in [1.82, 2.24) is 10.9 Å². The molecule has 25 heavy (non-hydrogen) atoms. The highest BCUT2D eigenvalue weighted by Crippen LogP contribution is 2.28. The van der Waals surface area contributed by atoms with Crippen LogP contribution in [0.15, 0.2) is 42.5 Å². The molecular weight excluding hydrogens is 381 g/mol. The van der Waals surface area contributed by atoms with Crippen LogP contribution in [-0.2, 0) is 4.79 Å². The molecule has 132 valence electrons. The summed E-state index contributed by atoms with van der Waals surface area (Å²) < 4.78 is 5.52. The number of anilines is 1. The van der Waals surface area contributed by atoms with Crippen LogP contribution in [0.5, 0.6) is 5.75 Å². The van der Waals surface area contributed by atoms with Crippen LogP contribution in [0, 0.1) is 6.92 Å².